The maximum atomic E-state index is 12.3. The number of carbonyl (C=O) groups is 1. The number of amides is 1. The standard InChI is InChI=1S/C20H22N2O2S/c23-20(21-14-15-6-5-13-24-15)11-12-22-16-7-1-3-9-18(16)25-19-10-4-2-8-17(19)22/h1-4,7-10,15H,5-6,11-14H2,(H,21,23). The van der Waals surface area contributed by atoms with Crippen LogP contribution in [0.3, 0.4) is 0 Å². The van der Waals surface area contributed by atoms with E-state index in [0.29, 0.717) is 19.5 Å². The highest BCUT2D eigenvalue weighted by Gasteiger charge is 2.23. The first-order chi connectivity index (χ1) is 12.3. The highest BCUT2D eigenvalue weighted by atomic mass is 32.2. The molecule has 1 N–H and O–H groups in total. The third kappa shape index (κ3) is 3.67. The third-order valence-corrected chi connectivity index (χ3v) is 5.78. The number of ether oxygens (including phenoxy) is 1. The van der Waals surface area contributed by atoms with Crippen LogP contribution in [0.1, 0.15) is 19.3 Å². The molecule has 0 spiro atoms. The van der Waals surface area contributed by atoms with Gasteiger partial charge in [0.25, 0.3) is 0 Å². The van der Waals surface area contributed by atoms with Gasteiger partial charge in [-0.3, -0.25) is 4.79 Å². The number of benzene rings is 2. The second kappa shape index (κ2) is 7.50. The number of hydrogen-bond acceptors (Lipinski definition) is 4. The van der Waals surface area contributed by atoms with E-state index in [1.54, 1.807) is 11.8 Å². The summed E-state index contributed by atoms with van der Waals surface area (Å²) in [4.78, 5) is 17.0. The summed E-state index contributed by atoms with van der Waals surface area (Å²) < 4.78 is 5.56. The number of hydrogen-bond donors (Lipinski definition) is 1. The second-order valence-electron chi connectivity index (χ2n) is 6.38. The predicted octanol–water partition coefficient (Wildman–Crippen LogP) is 3.97. The molecule has 0 radical (unpaired) electrons. The summed E-state index contributed by atoms with van der Waals surface area (Å²) in [5, 5.41) is 3.02. The molecule has 1 unspecified atom stereocenters. The van der Waals surface area contributed by atoms with Crippen LogP contribution in [0.15, 0.2) is 58.3 Å². The van der Waals surface area contributed by atoms with Crippen LogP contribution in [0.4, 0.5) is 11.4 Å². The van der Waals surface area contributed by atoms with Gasteiger partial charge in [0.15, 0.2) is 0 Å². The lowest BCUT2D eigenvalue weighted by molar-refractivity contribution is -0.121. The van der Waals surface area contributed by atoms with Crippen molar-refractivity contribution in [1.29, 1.82) is 0 Å². The minimum absolute atomic E-state index is 0.0867. The number of rotatable bonds is 5. The Balaban J connectivity index is 1.43. The van der Waals surface area contributed by atoms with Crippen molar-refractivity contribution >= 4 is 29.0 Å². The second-order valence-corrected chi connectivity index (χ2v) is 7.46. The van der Waals surface area contributed by atoms with Gasteiger partial charge < -0.3 is 15.0 Å². The first-order valence-electron chi connectivity index (χ1n) is 8.83. The van der Waals surface area contributed by atoms with E-state index < -0.39 is 0 Å². The van der Waals surface area contributed by atoms with Gasteiger partial charge in [-0.15, -0.1) is 0 Å². The van der Waals surface area contributed by atoms with E-state index in [1.165, 1.54) is 21.2 Å². The summed E-state index contributed by atoms with van der Waals surface area (Å²) in [7, 11) is 0. The summed E-state index contributed by atoms with van der Waals surface area (Å²) in [6, 6.07) is 16.8. The molecule has 5 heteroatoms. The summed E-state index contributed by atoms with van der Waals surface area (Å²) in [6.07, 6.45) is 2.81. The largest absolute Gasteiger partial charge is 0.376 e. The average molecular weight is 354 g/mol. The molecule has 4 rings (SSSR count). The topological polar surface area (TPSA) is 41.6 Å². The molecule has 1 atom stereocenters. The van der Waals surface area contributed by atoms with Gasteiger partial charge in [-0.05, 0) is 37.1 Å². The minimum atomic E-state index is 0.0867. The van der Waals surface area contributed by atoms with E-state index in [-0.39, 0.29) is 12.0 Å². The quantitative estimate of drug-likeness (QED) is 0.882. The predicted molar refractivity (Wildman–Crippen MR) is 101 cm³/mol. The third-order valence-electron chi connectivity index (χ3n) is 4.65. The highest BCUT2D eigenvalue weighted by molar-refractivity contribution is 7.99. The molecule has 2 aromatic rings. The minimum Gasteiger partial charge on any atom is -0.376 e. The fourth-order valence-corrected chi connectivity index (χ4v) is 4.45. The lowest BCUT2D eigenvalue weighted by Gasteiger charge is -2.32. The highest BCUT2D eigenvalue weighted by Crippen LogP contribution is 2.47. The average Bonchev–Trinajstić information content (AvgIpc) is 3.17. The smallest absolute Gasteiger partial charge is 0.221 e. The molecule has 25 heavy (non-hydrogen) atoms. The number of anilines is 2. The van der Waals surface area contributed by atoms with Crippen LogP contribution in [0, 0.1) is 0 Å². The number of para-hydroxylation sites is 2. The lowest BCUT2D eigenvalue weighted by Crippen LogP contribution is -2.34. The lowest BCUT2D eigenvalue weighted by atomic mass is 10.2. The Bertz CT molecular complexity index is 713. The Labute approximate surface area is 152 Å². The molecule has 0 saturated carbocycles. The molecule has 4 nitrogen and oxygen atoms in total. The van der Waals surface area contributed by atoms with Crippen molar-refractivity contribution in [2.75, 3.05) is 24.6 Å². The first-order valence-corrected chi connectivity index (χ1v) is 9.64. The van der Waals surface area contributed by atoms with Gasteiger partial charge in [0.1, 0.15) is 0 Å². The van der Waals surface area contributed by atoms with E-state index in [9.17, 15) is 4.79 Å². The van der Waals surface area contributed by atoms with E-state index in [1.807, 2.05) is 0 Å². The van der Waals surface area contributed by atoms with Crippen LogP contribution < -0.4 is 10.2 Å². The van der Waals surface area contributed by atoms with Gasteiger partial charge in [0.2, 0.25) is 5.91 Å². The molecule has 2 aliphatic rings. The van der Waals surface area contributed by atoms with Gasteiger partial charge in [0, 0.05) is 35.9 Å². The van der Waals surface area contributed by atoms with Crippen molar-refractivity contribution < 1.29 is 9.53 Å². The van der Waals surface area contributed by atoms with Crippen LogP contribution in [-0.2, 0) is 9.53 Å². The Morgan fingerprint density at radius 3 is 2.44 bits per heavy atom. The zero-order valence-electron chi connectivity index (χ0n) is 14.1. The summed E-state index contributed by atoms with van der Waals surface area (Å²) >= 11 is 1.79. The Morgan fingerprint density at radius 1 is 1.12 bits per heavy atom. The van der Waals surface area contributed by atoms with Crippen LogP contribution in [0.5, 0.6) is 0 Å². The molecule has 1 amide bonds. The number of fused-ring (bicyclic) bond motifs is 2. The molecule has 0 bridgehead atoms. The zero-order chi connectivity index (χ0) is 17.1. The molecule has 130 valence electrons. The fraction of sp³-hybridized carbons (Fsp3) is 0.350. The maximum Gasteiger partial charge on any atom is 0.221 e. The molecule has 0 aromatic heterocycles. The van der Waals surface area contributed by atoms with Gasteiger partial charge in [-0.25, -0.2) is 0 Å². The van der Waals surface area contributed by atoms with Crippen molar-refractivity contribution in [3.63, 3.8) is 0 Å². The van der Waals surface area contributed by atoms with Crippen LogP contribution in [-0.4, -0.2) is 31.7 Å². The van der Waals surface area contributed by atoms with Gasteiger partial charge in [-0.1, -0.05) is 36.0 Å². The van der Waals surface area contributed by atoms with Crippen molar-refractivity contribution in [2.24, 2.45) is 0 Å². The van der Waals surface area contributed by atoms with Gasteiger partial charge >= 0.3 is 0 Å². The van der Waals surface area contributed by atoms with Crippen molar-refractivity contribution in [3.05, 3.63) is 48.5 Å². The normalized spacial score (nSPS) is 18.6. The SMILES string of the molecule is O=C(CCN1c2ccccc2Sc2ccccc21)NCC1CCCO1. The number of nitrogens with zero attached hydrogens (tertiary/aromatic N) is 1. The molecule has 2 heterocycles. The molecule has 2 aromatic carbocycles. The van der Waals surface area contributed by atoms with E-state index in [4.69, 9.17) is 4.74 Å². The van der Waals surface area contributed by atoms with Gasteiger partial charge in [0.05, 0.1) is 17.5 Å². The molecule has 0 aliphatic carbocycles. The fourth-order valence-electron chi connectivity index (χ4n) is 3.36. The number of nitrogens with one attached hydrogen (secondary N) is 1. The van der Waals surface area contributed by atoms with Crippen molar-refractivity contribution in [1.82, 2.24) is 5.32 Å². The van der Waals surface area contributed by atoms with E-state index >= 15 is 0 Å². The van der Waals surface area contributed by atoms with E-state index in [0.717, 1.165) is 19.4 Å². The molecule has 1 saturated heterocycles. The Hall–Kier alpha value is -1.98. The Kier molecular flexibility index (Phi) is 4.95. The van der Waals surface area contributed by atoms with E-state index in [2.05, 4.69) is 58.7 Å². The molecule has 2 aliphatic heterocycles. The molecular formula is C20H22N2O2S. The summed E-state index contributed by atoms with van der Waals surface area (Å²) in [6.45, 7) is 2.12. The first kappa shape index (κ1) is 16.5. The number of carbonyl (C=O) groups excluding carboxylic acids is 1. The van der Waals surface area contributed by atoms with Gasteiger partial charge in [-0.2, -0.15) is 0 Å². The summed E-state index contributed by atoms with van der Waals surface area (Å²) in [5.74, 6) is 0.0867. The zero-order valence-corrected chi connectivity index (χ0v) is 14.9. The monoisotopic (exact) mass is 354 g/mol. The molecule has 1 fully saturated rings. The maximum absolute atomic E-state index is 12.3. The summed E-state index contributed by atoms with van der Waals surface area (Å²) in [5.41, 5.74) is 2.36. The Morgan fingerprint density at radius 2 is 1.80 bits per heavy atom. The van der Waals surface area contributed by atoms with Crippen LogP contribution >= 0.6 is 11.8 Å². The molecular weight excluding hydrogens is 332 g/mol. The van der Waals surface area contributed by atoms with Crippen LogP contribution in [0.2, 0.25) is 0 Å². The van der Waals surface area contributed by atoms with Crippen LogP contribution in [0.25, 0.3) is 0 Å². The van der Waals surface area contributed by atoms with Crippen molar-refractivity contribution in [3.8, 4) is 0 Å². The van der Waals surface area contributed by atoms with Crippen molar-refractivity contribution in [2.45, 2.75) is 35.2 Å².